The number of nitrogens with zero attached hydrogens (tertiary/aromatic N) is 1. The second-order valence-corrected chi connectivity index (χ2v) is 15.1. The van der Waals surface area contributed by atoms with Crippen molar-refractivity contribution in [2.24, 2.45) is 5.92 Å². The number of nitrogens with one attached hydrogen (secondary N) is 1. The van der Waals surface area contributed by atoms with Crippen LogP contribution in [-0.2, 0) is 14.3 Å². The zero-order valence-electron chi connectivity index (χ0n) is 25.5. The summed E-state index contributed by atoms with van der Waals surface area (Å²) in [7, 11) is 1.51. The van der Waals surface area contributed by atoms with Crippen LogP contribution in [0, 0.1) is 5.92 Å². The number of amides is 2. The van der Waals surface area contributed by atoms with Gasteiger partial charge in [0.25, 0.3) is 5.91 Å². The van der Waals surface area contributed by atoms with Gasteiger partial charge < -0.3 is 20.1 Å². The molecule has 0 bridgehead atoms. The third-order valence-electron chi connectivity index (χ3n) is 8.05. The summed E-state index contributed by atoms with van der Waals surface area (Å²) in [5, 5.41) is 17.4. The SMILES string of the molecule is C=CCOC(=O)C(N1C(=O)C(C(C)O)C1CC(=O)c1csc(C(=O)NC)c1)=P(c1ccccc1)(c1ccccc1)c1ccccc1. The van der Waals surface area contributed by atoms with E-state index in [1.165, 1.54) is 31.0 Å². The van der Waals surface area contributed by atoms with Crippen LogP contribution in [0.3, 0.4) is 0 Å². The fourth-order valence-corrected chi connectivity index (χ4v) is 11.2. The van der Waals surface area contributed by atoms with Crippen molar-refractivity contribution in [1.29, 1.82) is 0 Å². The Morgan fingerprint density at radius 2 is 1.50 bits per heavy atom. The smallest absolute Gasteiger partial charge is 0.356 e. The van der Waals surface area contributed by atoms with Gasteiger partial charge in [0.2, 0.25) is 5.91 Å². The molecule has 1 aliphatic heterocycles. The van der Waals surface area contributed by atoms with Crippen molar-refractivity contribution < 1.29 is 29.0 Å². The van der Waals surface area contributed by atoms with Crippen molar-refractivity contribution in [3.8, 4) is 0 Å². The average molecular weight is 655 g/mol. The van der Waals surface area contributed by atoms with Gasteiger partial charge in [0, 0.05) is 31.3 Å². The Hall–Kier alpha value is -4.56. The van der Waals surface area contributed by atoms with E-state index in [0.717, 1.165) is 27.3 Å². The normalized spacial score (nSPS) is 16.6. The third kappa shape index (κ3) is 6.01. The van der Waals surface area contributed by atoms with Gasteiger partial charge >= 0.3 is 5.97 Å². The Morgan fingerprint density at radius 1 is 0.978 bits per heavy atom. The zero-order chi connectivity index (χ0) is 32.8. The van der Waals surface area contributed by atoms with Crippen molar-refractivity contribution in [3.05, 3.63) is 126 Å². The number of β-lactam (4-membered cyclic amide) rings is 1. The molecule has 5 rings (SSSR count). The number of ketones is 1. The fourth-order valence-electron chi connectivity index (χ4n) is 5.97. The number of carbonyl (C=O) groups is 4. The molecular weight excluding hydrogens is 619 g/mol. The lowest BCUT2D eigenvalue weighted by Gasteiger charge is -2.50. The van der Waals surface area contributed by atoms with Crippen LogP contribution < -0.4 is 21.2 Å². The number of likely N-dealkylation sites (tertiary alicyclic amines) is 1. The first kappa shape index (κ1) is 32.8. The standard InChI is InChI=1S/C36H35N2O6PS/c1-4-20-44-36(43)35(38-29(32(24(2)39)34(38)42)22-30(40)25-21-31(46-23-25)33(41)37-3)45(26-14-8-5-9-15-26,27-16-10-6-11-17-27)28-18-12-7-13-19-28/h4-19,21,23-24,29,32,39H,1,20,22H2,2-3H3,(H,37,41). The molecule has 1 aliphatic rings. The van der Waals surface area contributed by atoms with Crippen molar-refractivity contribution in [3.63, 3.8) is 0 Å². The van der Waals surface area contributed by atoms with E-state index in [1.54, 1.807) is 5.38 Å². The van der Waals surface area contributed by atoms with Crippen LogP contribution in [0.25, 0.3) is 0 Å². The average Bonchev–Trinajstić information content (AvgIpc) is 3.58. The number of esters is 1. The molecular formula is C36H35N2O6PS. The highest BCUT2D eigenvalue weighted by Gasteiger charge is 2.55. The van der Waals surface area contributed by atoms with Crippen LogP contribution in [0.4, 0.5) is 0 Å². The number of hydrogen-bond acceptors (Lipinski definition) is 7. The lowest BCUT2D eigenvalue weighted by Crippen LogP contribution is -2.68. The molecule has 236 valence electrons. The second kappa shape index (κ2) is 14.3. The number of hydrogen-bond donors (Lipinski definition) is 2. The number of aliphatic hydroxyl groups is 1. The first-order valence-corrected chi connectivity index (χ1v) is 17.5. The van der Waals surface area contributed by atoms with Gasteiger partial charge in [-0.05, 0) is 28.9 Å². The van der Waals surface area contributed by atoms with Crippen LogP contribution in [0.5, 0.6) is 0 Å². The van der Waals surface area contributed by atoms with Gasteiger partial charge in [-0.15, -0.1) is 11.3 Å². The number of carbonyl (C=O) groups excluding carboxylic acids is 4. The molecule has 3 unspecified atom stereocenters. The molecule has 2 N–H and O–H groups in total. The number of benzene rings is 3. The van der Waals surface area contributed by atoms with Crippen molar-refractivity contribution in [1.82, 2.24) is 10.2 Å². The second-order valence-electron chi connectivity index (χ2n) is 10.8. The monoisotopic (exact) mass is 654 g/mol. The minimum Gasteiger partial charge on any atom is -0.457 e. The Balaban J connectivity index is 1.81. The molecule has 1 saturated heterocycles. The molecule has 3 aromatic carbocycles. The van der Waals surface area contributed by atoms with Crippen LogP contribution in [-0.4, -0.2) is 64.8 Å². The maximum Gasteiger partial charge on any atom is 0.356 e. The van der Waals surface area contributed by atoms with Gasteiger partial charge in [-0.25, -0.2) is 4.79 Å². The molecule has 2 amide bonds. The Labute approximate surface area is 272 Å². The minimum atomic E-state index is -3.17. The minimum absolute atomic E-state index is 0.0939. The van der Waals surface area contributed by atoms with Gasteiger partial charge in [-0.3, -0.25) is 14.4 Å². The number of ether oxygens (including phenoxy) is 1. The van der Waals surface area contributed by atoms with Gasteiger partial charge in [-0.2, -0.15) is 0 Å². The van der Waals surface area contributed by atoms with Crippen LogP contribution in [0.2, 0.25) is 0 Å². The molecule has 2 heterocycles. The van der Waals surface area contributed by atoms with Gasteiger partial charge in [0.1, 0.15) is 12.0 Å². The summed E-state index contributed by atoms with van der Waals surface area (Å²) in [5.74, 6) is -2.75. The summed E-state index contributed by atoms with van der Waals surface area (Å²) in [6, 6.07) is 29.3. The van der Waals surface area contributed by atoms with Crippen LogP contribution in [0.15, 0.2) is 115 Å². The molecule has 46 heavy (non-hydrogen) atoms. The molecule has 4 aromatic rings. The summed E-state index contributed by atoms with van der Waals surface area (Å²) >= 11 is 1.14. The number of rotatable bonds is 12. The largest absolute Gasteiger partial charge is 0.457 e. The lowest BCUT2D eigenvalue weighted by molar-refractivity contribution is -0.157. The molecule has 10 heteroatoms. The van der Waals surface area contributed by atoms with Gasteiger partial charge in [0.05, 0.1) is 22.9 Å². The van der Waals surface area contributed by atoms with E-state index < -0.39 is 36.8 Å². The highest BCUT2D eigenvalue weighted by Crippen LogP contribution is 2.50. The van der Waals surface area contributed by atoms with Crippen LogP contribution >= 0.6 is 18.2 Å². The number of aliphatic hydroxyl groups excluding tert-OH is 1. The van der Waals surface area contributed by atoms with E-state index in [-0.39, 0.29) is 30.1 Å². The summed E-state index contributed by atoms with van der Waals surface area (Å²) < 4.78 is 5.75. The van der Waals surface area contributed by atoms with E-state index >= 15 is 0 Å². The summed E-state index contributed by atoms with van der Waals surface area (Å²) in [5.41, 5.74) is 0.437. The first-order valence-electron chi connectivity index (χ1n) is 14.8. The Bertz CT molecular complexity index is 1700. The maximum atomic E-state index is 14.5. The number of Topliss-reactive ketones (excluding diaryl/α,β-unsaturated/α-hetero) is 1. The maximum absolute atomic E-state index is 14.5. The highest BCUT2D eigenvalue weighted by atomic mass is 32.1. The zero-order valence-corrected chi connectivity index (χ0v) is 27.2. The van der Waals surface area contributed by atoms with E-state index in [0.29, 0.717) is 10.4 Å². The Morgan fingerprint density at radius 3 is 1.96 bits per heavy atom. The van der Waals surface area contributed by atoms with Gasteiger partial charge in [-0.1, -0.05) is 104 Å². The molecule has 0 saturated carbocycles. The summed E-state index contributed by atoms with van der Waals surface area (Å²) in [4.78, 5) is 56.4. The van der Waals surface area contributed by atoms with Crippen molar-refractivity contribution >= 4 is 63.1 Å². The highest BCUT2D eigenvalue weighted by molar-refractivity contribution is 7.96. The molecule has 8 nitrogen and oxygen atoms in total. The van der Waals surface area contributed by atoms with Crippen molar-refractivity contribution in [2.45, 2.75) is 25.5 Å². The van der Waals surface area contributed by atoms with E-state index in [2.05, 4.69) is 11.9 Å². The van der Waals surface area contributed by atoms with E-state index in [9.17, 15) is 24.3 Å². The summed E-state index contributed by atoms with van der Waals surface area (Å²) in [6.45, 7) is 1.95. The summed E-state index contributed by atoms with van der Waals surface area (Å²) in [6.07, 6.45) is 0.192. The van der Waals surface area contributed by atoms with Crippen molar-refractivity contribution in [2.75, 3.05) is 13.7 Å². The predicted molar refractivity (Wildman–Crippen MR) is 184 cm³/mol. The molecule has 0 radical (unpaired) electrons. The van der Waals surface area contributed by atoms with E-state index in [1.807, 2.05) is 91.0 Å². The lowest BCUT2D eigenvalue weighted by atomic mass is 9.80. The predicted octanol–water partition coefficient (Wildman–Crippen LogP) is 3.74. The van der Waals surface area contributed by atoms with E-state index in [4.69, 9.17) is 4.74 Å². The number of thiophene rings is 1. The third-order valence-corrected chi connectivity index (χ3v) is 13.2. The topological polar surface area (TPSA) is 113 Å². The molecule has 3 atom stereocenters. The van der Waals surface area contributed by atoms with Gasteiger partial charge in [0.15, 0.2) is 5.78 Å². The molecule has 1 aromatic heterocycles. The Kier molecular flexibility index (Phi) is 10.2. The molecule has 1 fully saturated rings. The molecule has 0 spiro atoms. The fraction of sp³-hybridized carbons (Fsp3) is 0.194. The quantitative estimate of drug-likeness (QED) is 0.0792. The first-order chi connectivity index (χ1) is 22.2. The molecule has 0 aliphatic carbocycles. The van der Waals surface area contributed by atoms with Crippen LogP contribution in [0.1, 0.15) is 33.4 Å².